The van der Waals surface area contributed by atoms with Crippen LogP contribution >= 0.6 is 0 Å². The summed E-state index contributed by atoms with van der Waals surface area (Å²) < 4.78 is 18.4. The molecule has 0 aliphatic heterocycles. The first-order chi connectivity index (χ1) is 9.13. The number of aromatic nitrogens is 3. The molecule has 19 heavy (non-hydrogen) atoms. The largest absolute Gasteiger partial charge is 0.417 e. The van der Waals surface area contributed by atoms with Crippen LogP contribution in [0.2, 0.25) is 0 Å². The van der Waals surface area contributed by atoms with Gasteiger partial charge in [-0.15, -0.1) is 0 Å². The number of H-pyrrole nitrogens is 1. The molecule has 2 N–H and O–H groups in total. The highest BCUT2D eigenvalue weighted by molar-refractivity contribution is 5.79. The van der Waals surface area contributed by atoms with Gasteiger partial charge >= 0.3 is 5.76 Å². The third-order valence-corrected chi connectivity index (χ3v) is 2.63. The molecule has 0 saturated heterocycles. The SMILES string of the molecule is Cc1cncnc1Nc1cc(F)c2oc(=O)[nH]c2c1. The summed E-state index contributed by atoms with van der Waals surface area (Å²) in [5, 5.41) is 2.96. The Morgan fingerprint density at radius 3 is 3.05 bits per heavy atom. The Morgan fingerprint density at radius 1 is 1.42 bits per heavy atom. The monoisotopic (exact) mass is 260 g/mol. The van der Waals surface area contributed by atoms with E-state index in [0.29, 0.717) is 17.0 Å². The van der Waals surface area contributed by atoms with Gasteiger partial charge in [0.15, 0.2) is 11.4 Å². The van der Waals surface area contributed by atoms with Gasteiger partial charge in [-0.25, -0.2) is 19.2 Å². The lowest BCUT2D eigenvalue weighted by molar-refractivity contribution is 0.523. The summed E-state index contributed by atoms with van der Waals surface area (Å²) in [6.45, 7) is 1.83. The van der Waals surface area contributed by atoms with Crippen LogP contribution in [0.3, 0.4) is 0 Å². The van der Waals surface area contributed by atoms with Crippen molar-refractivity contribution >= 4 is 22.6 Å². The molecule has 0 saturated carbocycles. The van der Waals surface area contributed by atoms with Crippen molar-refractivity contribution in [1.29, 1.82) is 0 Å². The van der Waals surface area contributed by atoms with Crippen LogP contribution in [-0.4, -0.2) is 15.0 Å². The molecule has 0 bridgehead atoms. The number of anilines is 2. The van der Waals surface area contributed by atoms with Crippen molar-refractivity contribution in [2.75, 3.05) is 5.32 Å². The van der Waals surface area contributed by atoms with E-state index in [1.807, 2.05) is 6.92 Å². The molecule has 3 rings (SSSR count). The van der Waals surface area contributed by atoms with Gasteiger partial charge in [0.2, 0.25) is 0 Å². The normalized spacial score (nSPS) is 10.8. The molecule has 0 atom stereocenters. The van der Waals surface area contributed by atoms with Crippen LogP contribution in [0.1, 0.15) is 5.56 Å². The van der Waals surface area contributed by atoms with Crippen molar-refractivity contribution < 1.29 is 8.81 Å². The minimum Gasteiger partial charge on any atom is -0.405 e. The first-order valence-electron chi connectivity index (χ1n) is 5.49. The van der Waals surface area contributed by atoms with E-state index < -0.39 is 11.6 Å². The molecule has 7 heteroatoms. The third kappa shape index (κ3) is 2.05. The van der Waals surface area contributed by atoms with Gasteiger partial charge in [0, 0.05) is 23.5 Å². The number of oxazole rings is 1. The van der Waals surface area contributed by atoms with Gasteiger partial charge in [-0.3, -0.25) is 4.98 Å². The standard InChI is InChI=1S/C12H9FN4O2/c1-6-4-14-5-15-11(6)16-7-2-8(13)10-9(3-7)17-12(18)19-10/h2-5H,1H3,(H,17,18)(H,14,15,16). The van der Waals surface area contributed by atoms with Crippen molar-refractivity contribution in [2.45, 2.75) is 6.92 Å². The minimum absolute atomic E-state index is 0.0880. The van der Waals surface area contributed by atoms with Gasteiger partial charge < -0.3 is 9.73 Å². The number of rotatable bonds is 2. The zero-order chi connectivity index (χ0) is 13.4. The van der Waals surface area contributed by atoms with Crippen molar-refractivity contribution in [3.05, 3.63) is 46.6 Å². The van der Waals surface area contributed by atoms with Gasteiger partial charge in [-0.1, -0.05) is 0 Å². The summed E-state index contributed by atoms with van der Waals surface area (Å²) in [6, 6.07) is 2.81. The maximum Gasteiger partial charge on any atom is 0.417 e. The molecule has 0 aliphatic carbocycles. The van der Waals surface area contributed by atoms with Crippen molar-refractivity contribution in [3.63, 3.8) is 0 Å². The Morgan fingerprint density at radius 2 is 2.26 bits per heavy atom. The predicted molar refractivity (Wildman–Crippen MR) is 66.8 cm³/mol. The molecule has 0 radical (unpaired) electrons. The van der Waals surface area contributed by atoms with E-state index in [1.165, 1.54) is 12.4 Å². The van der Waals surface area contributed by atoms with E-state index in [1.54, 1.807) is 12.3 Å². The second-order valence-electron chi connectivity index (χ2n) is 4.03. The molecule has 0 unspecified atom stereocenters. The highest BCUT2D eigenvalue weighted by Crippen LogP contribution is 2.23. The van der Waals surface area contributed by atoms with Crippen molar-refractivity contribution in [3.8, 4) is 0 Å². The molecule has 2 heterocycles. The van der Waals surface area contributed by atoms with Crippen molar-refractivity contribution in [2.24, 2.45) is 0 Å². The van der Waals surface area contributed by atoms with E-state index in [2.05, 4.69) is 24.7 Å². The molecule has 2 aromatic heterocycles. The number of benzene rings is 1. The number of hydrogen-bond donors (Lipinski definition) is 2. The zero-order valence-electron chi connectivity index (χ0n) is 9.90. The first kappa shape index (κ1) is 11.4. The van der Waals surface area contributed by atoms with Crippen molar-refractivity contribution in [1.82, 2.24) is 15.0 Å². The van der Waals surface area contributed by atoms with Crippen LogP contribution in [0.4, 0.5) is 15.9 Å². The molecule has 0 aliphatic rings. The fourth-order valence-electron chi connectivity index (χ4n) is 1.76. The van der Waals surface area contributed by atoms with Crippen LogP contribution in [0, 0.1) is 12.7 Å². The fraction of sp³-hybridized carbons (Fsp3) is 0.0833. The van der Waals surface area contributed by atoms with Crippen LogP contribution in [0.15, 0.2) is 33.9 Å². The molecule has 1 aromatic carbocycles. The lowest BCUT2D eigenvalue weighted by Crippen LogP contribution is -1.97. The van der Waals surface area contributed by atoms with E-state index in [9.17, 15) is 9.18 Å². The molecule has 6 nitrogen and oxygen atoms in total. The van der Waals surface area contributed by atoms with E-state index >= 15 is 0 Å². The second-order valence-corrected chi connectivity index (χ2v) is 4.03. The number of nitrogens with zero attached hydrogens (tertiary/aromatic N) is 2. The molecular weight excluding hydrogens is 251 g/mol. The summed E-state index contributed by atoms with van der Waals surface area (Å²) in [5.41, 5.74) is 1.49. The average Bonchev–Trinajstić information content (AvgIpc) is 2.73. The van der Waals surface area contributed by atoms with Gasteiger partial charge in [-0.05, 0) is 13.0 Å². The lowest BCUT2D eigenvalue weighted by Gasteiger charge is -2.07. The fourth-order valence-corrected chi connectivity index (χ4v) is 1.76. The summed E-state index contributed by atoms with van der Waals surface area (Å²) in [6.07, 6.45) is 3.04. The topological polar surface area (TPSA) is 83.8 Å². The number of halogens is 1. The first-order valence-corrected chi connectivity index (χ1v) is 5.49. The lowest BCUT2D eigenvalue weighted by atomic mass is 10.2. The molecule has 3 aromatic rings. The van der Waals surface area contributed by atoms with Gasteiger partial charge in [0.1, 0.15) is 12.1 Å². The molecule has 0 spiro atoms. The van der Waals surface area contributed by atoms with Crippen LogP contribution in [0.5, 0.6) is 0 Å². The molecule has 96 valence electrons. The van der Waals surface area contributed by atoms with E-state index in [0.717, 1.165) is 5.56 Å². The molecule has 0 amide bonds. The smallest absolute Gasteiger partial charge is 0.405 e. The number of aryl methyl sites for hydroxylation is 1. The summed E-state index contributed by atoms with van der Waals surface area (Å²) in [7, 11) is 0. The number of nitrogens with one attached hydrogen (secondary N) is 2. The van der Waals surface area contributed by atoms with Gasteiger partial charge in [0.05, 0.1) is 5.52 Å². The predicted octanol–water partition coefficient (Wildman–Crippen LogP) is 2.10. The van der Waals surface area contributed by atoms with Crippen LogP contribution < -0.4 is 11.1 Å². The molecular formula is C12H9FN4O2. The summed E-state index contributed by atoms with van der Waals surface area (Å²) in [4.78, 5) is 21.4. The maximum atomic E-state index is 13.7. The van der Waals surface area contributed by atoms with E-state index in [-0.39, 0.29) is 5.58 Å². The highest BCUT2D eigenvalue weighted by Gasteiger charge is 2.10. The number of hydrogen-bond acceptors (Lipinski definition) is 5. The summed E-state index contributed by atoms with van der Waals surface area (Å²) in [5.74, 6) is -0.742. The van der Waals surface area contributed by atoms with Crippen LogP contribution in [-0.2, 0) is 0 Å². The second kappa shape index (κ2) is 4.20. The zero-order valence-corrected chi connectivity index (χ0v) is 9.90. The summed E-state index contributed by atoms with van der Waals surface area (Å²) >= 11 is 0. The number of fused-ring (bicyclic) bond motifs is 1. The third-order valence-electron chi connectivity index (χ3n) is 2.63. The highest BCUT2D eigenvalue weighted by atomic mass is 19.1. The Labute approximate surface area is 106 Å². The Hall–Kier alpha value is -2.70. The Bertz CT molecular complexity index is 809. The quantitative estimate of drug-likeness (QED) is 0.737. The van der Waals surface area contributed by atoms with Crippen LogP contribution in [0.25, 0.3) is 11.1 Å². The van der Waals surface area contributed by atoms with Gasteiger partial charge in [-0.2, -0.15) is 0 Å². The molecule has 0 fully saturated rings. The number of aromatic amines is 1. The Kier molecular flexibility index (Phi) is 2.52. The average molecular weight is 260 g/mol. The minimum atomic E-state index is -0.690. The van der Waals surface area contributed by atoms with E-state index in [4.69, 9.17) is 0 Å². The maximum absolute atomic E-state index is 13.7. The van der Waals surface area contributed by atoms with Gasteiger partial charge in [0.25, 0.3) is 0 Å². The Balaban J connectivity index is 2.06.